The van der Waals surface area contributed by atoms with E-state index >= 15 is 0 Å². The standard InChI is InChI=1S/C23H28N2O3/c1-3-27-21-12-10-18(16-22(21)28-4-2)11-13-23(26)25-15-14-20(17-25)24-19-8-6-5-7-9-19/h5-13,16,20,24H,3-4,14-15,17H2,1-2H3/b13-11+. The Kier molecular flexibility index (Phi) is 6.95. The Hall–Kier alpha value is -2.95. The van der Waals surface area contributed by atoms with Crippen LogP contribution < -0.4 is 14.8 Å². The van der Waals surface area contributed by atoms with Crippen LogP contribution in [0.25, 0.3) is 6.08 Å². The van der Waals surface area contributed by atoms with Gasteiger partial charge >= 0.3 is 0 Å². The highest BCUT2D eigenvalue weighted by atomic mass is 16.5. The number of benzene rings is 2. The van der Waals surface area contributed by atoms with Crippen LogP contribution in [0.2, 0.25) is 0 Å². The molecule has 1 aliphatic rings. The number of anilines is 1. The summed E-state index contributed by atoms with van der Waals surface area (Å²) >= 11 is 0. The van der Waals surface area contributed by atoms with Crippen molar-refractivity contribution in [3.8, 4) is 11.5 Å². The van der Waals surface area contributed by atoms with Gasteiger partial charge in [-0.15, -0.1) is 0 Å². The van der Waals surface area contributed by atoms with Crippen molar-refractivity contribution in [2.75, 3.05) is 31.6 Å². The predicted molar refractivity (Wildman–Crippen MR) is 113 cm³/mol. The first-order valence-corrected chi connectivity index (χ1v) is 9.87. The molecule has 2 aromatic rings. The molecule has 1 atom stereocenters. The average Bonchev–Trinajstić information content (AvgIpc) is 3.17. The Morgan fingerprint density at radius 3 is 2.61 bits per heavy atom. The van der Waals surface area contributed by atoms with Crippen molar-refractivity contribution < 1.29 is 14.3 Å². The van der Waals surface area contributed by atoms with E-state index in [0.717, 1.165) is 30.0 Å². The van der Waals surface area contributed by atoms with E-state index in [4.69, 9.17) is 9.47 Å². The SMILES string of the molecule is CCOc1ccc(/C=C/C(=O)N2CCC(Nc3ccccc3)C2)cc1OCC. The van der Waals surface area contributed by atoms with Gasteiger partial charge in [0.05, 0.1) is 13.2 Å². The van der Waals surface area contributed by atoms with Crippen LogP contribution in [-0.2, 0) is 4.79 Å². The van der Waals surface area contributed by atoms with Gasteiger partial charge in [-0.2, -0.15) is 0 Å². The molecule has 5 heteroatoms. The van der Waals surface area contributed by atoms with Crippen LogP contribution >= 0.6 is 0 Å². The molecule has 148 valence electrons. The second kappa shape index (κ2) is 9.83. The van der Waals surface area contributed by atoms with Crippen molar-refractivity contribution in [1.82, 2.24) is 4.90 Å². The van der Waals surface area contributed by atoms with Crippen molar-refractivity contribution in [3.05, 3.63) is 60.2 Å². The van der Waals surface area contributed by atoms with E-state index in [2.05, 4.69) is 5.32 Å². The number of nitrogens with zero attached hydrogens (tertiary/aromatic N) is 1. The lowest BCUT2D eigenvalue weighted by Gasteiger charge is -2.16. The van der Waals surface area contributed by atoms with Gasteiger partial charge in [-0.1, -0.05) is 24.3 Å². The van der Waals surface area contributed by atoms with E-state index in [9.17, 15) is 4.79 Å². The zero-order chi connectivity index (χ0) is 19.8. The highest BCUT2D eigenvalue weighted by Gasteiger charge is 2.24. The summed E-state index contributed by atoms with van der Waals surface area (Å²) in [6, 6.07) is 16.1. The maximum Gasteiger partial charge on any atom is 0.246 e. The molecule has 5 nitrogen and oxygen atoms in total. The Bertz CT molecular complexity index is 805. The number of carbonyl (C=O) groups excluding carboxylic acids is 1. The van der Waals surface area contributed by atoms with Gasteiger partial charge < -0.3 is 19.7 Å². The number of carbonyl (C=O) groups is 1. The summed E-state index contributed by atoms with van der Waals surface area (Å²) in [4.78, 5) is 14.4. The van der Waals surface area contributed by atoms with Gasteiger partial charge in [0.15, 0.2) is 11.5 Å². The van der Waals surface area contributed by atoms with E-state index in [1.807, 2.05) is 73.4 Å². The fourth-order valence-corrected chi connectivity index (χ4v) is 3.29. The molecular formula is C23H28N2O3. The number of rotatable bonds is 8. The fraction of sp³-hybridized carbons (Fsp3) is 0.348. The molecule has 0 saturated carbocycles. The second-order valence-electron chi connectivity index (χ2n) is 6.69. The summed E-state index contributed by atoms with van der Waals surface area (Å²) in [5, 5.41) is 3.49. The minimum atomic E-state index is 0.0317. The first kappa shape index (κ1) is 19.8. The number of hydrogen-bond acceptors (Lipinski definition) is 4. The number of ether oxygens (including phenoxy) is 2. The quantitative estimate of drug-likeness (QED) is 0.697. The lowest BCUT2D eigenvalue weighted by atomic mass is 10.2. The fourth-order valence-electron chi connectivity index (χ4n) is 3.29. The van der Waals surface area contributed by atoms with Gasteiger partial charge in [0.2, 0.25) is 5.91 Å². The third-order valence-electron chi connectivity index (χ3n) is 4.63. The normalized spacial score (nSPS) is 16.4. The number of amides is 1. The van der Waals surface area contributed by atoms with Gasteiger partial charge in [0.25, 0.3) is 0 Å². The molecule has 1 N–H and O–H groups in total. The smallest absolute Gasteiger partial charge is 0.246 e. The monoisotopic (exact) mass is 380 g/mol. The maximum absolute atomic E-state index is 12.6. The van der Waals surface area contributed by atoms with Crippen LogP contribution in [0.5, 0.6) is 11.5 Å². The molecule has 0 aliphatic carbocycles. The number of hydrogen-bond donors (Lipinski definition) is 1. The van der Waals surface area contributed by atoms with Crippen molar-refractivity contribution in [2.45, 2.75) is 26.3 Å². The first-order valence-electron chi connectivity index (χ1n) is 9.87. The summed E-state index contributed by atoms with van der Waals surface area (Å²) in [5.74, 6) is 1.46. The number of nitrogens with one attached hydrogen (secondary N) is 1. The minimum Gasteiger partial charge on any atom is -0.490 e. The van der Waals surface area contributed by atoms with Crippen LogP contribution in [0.3, 0.4) is 0 Å². The topological polar surface area (TPSA) is 50.8 Å². The van der Waals surface area contributed by atoms with Gasteiger partial charge in [0, 0.05) is 30.9 Å². The average molecular weight is 380 g/mol. The van der Waals surface area contributed by atoms with Crippen molar-refractivity contribution in [3.63, 3.8) is 0 Å². The van der Waals surface area contributed by atoms with Gasteiger partial charge in [-0.05, 0) is 56.2 Å². The van der Waals surface area contributed by atoms with Gasteiger partial charge in [-0.25, -0.2) is 0 Å². The third kappa shape index (κ3) is 5.28. The molecular weight excluding hydrogens is 352 g/mol. The van der Waals surface area contributed by atoms with E-state index < -0.39 is 0 Å². The molecule has 1 amide bonds. The minimum absolute atomic E-state index is 0.0317. The van der Waals surface area contributed by atoms with E-state index in [1.165, 1.54) is 0 Å². The van der Waals surface area contributed by atoms with Crippen molar-refractivity contribution in [2.24, 2.45) is 0 Å². The van der Waals surface area contributed by atoms with Crippen molar-refractivity contribution in [1.29, 1.82) is 0 Å². The molecule has 1 fully saturated rings. The Morgan fingerprint density at radius 2 is 1.86 bits per heavy atom. The molecule has 0 spiro atoms. The Labute approximate surface area is 167 Å². The lowest BCUT2D eigenvalue weighted by Crippen LogP contribution is -2.30. The Balaban J connectivity index is 1.58. The van der Waals surface area contributed by atoms with E-state index in [1.54, 1.807) is 6.08 Å². The molecule has 1 aliphatic heterocycles. The molecule has 2 aromatic carbocycles. The molecule has 1 unspecified atom stereocenters. The second-order valence-corrected chi connectivity index (χ2v) is 6.69. The van der Waals surface area contributed by atoms with Crippen LogP contribution in [0.15, 0.2) is 54.6 Å². The largest absolute Gasteiger partial charge is 0.490 e. The molecule has 28 heavy (non-hydrogen) atoms. The van der Waals surface area contributed by atoms with Crippen LogP contribution in [0.4, 0.5) is 5.69 Å². The lowest BCUT2D eigenvalue weighted by molar-refractivity contribution is -0.124. The molecule has 1 heterocycles. The summed E-state index contributed by atoms with van der Waals surface area (Å²) in [5.41, 5.74) is 2.01. The third-order valence-corrected chi connectivity index (χ3v) is 4.63. The van der Waals surface area contributed by atoms with Crippen LogP contribution in [0.1, 0.15) is 25.8 Å². The van der Waals surface area contributed by atoms with Crippen LogP contribution in [0, 0.1) is 0 Å². The molecule has 0 radical (unpaired) electrons. The highest BCUT2D eigenvalue weighted by Crippen LogP contribution is 2.29. The summed E-state index contributed by atoms with van der Waals surface area (Å²) in [6.45, 7) is 6.51. The van der Waals surface area contributed by atoms with Gasteiger partial charge in [-0.3, -0.25) is 4.79 Å². The molecule has 1 saturated heterocycles. The highest BCUT2D eigenvalue weighted by molar-refractivity contribution is 5.92. The first-order chi connectivity index (χ1) is 13.7. The number of likely N-dealkylation sites (tertiary alicyclic amines) is 1. The molecule has 0 aromatic heterocycles. The summed E-state index contributed by atoms with van der Waals surface area (Å²) in [6.07, 6.45) is 4.42. The van der Waals surface area contributed by atoms with Gasteiger partial charge in [0.1, 0.15) is 0 Å². The van der Waals surface area contributed by atoms with E-state index in [0.29, 0.717) is 25.5 Å². The zero-order valence-electron chi connectivity index (χ0n) is 16.6. The molecule has 0 bridgehead atoms. The zero-order valence-corrected chi connectivity index (χ0v) is 16.6. The Morgan fingerprint density at radius 1 is 1.11 bits per heavy atom. The number of para-hydroxylation sites is 1. The summed E-state index contributed by atoms with van der Waals surface area (Å²) in [7, 11) is 0. The van der Waals surface area contributed by atoms with E-state index in [-0.39, 0.29) is 11.9 Å². The van der Waals surface area contributed by atoms with Crippen molar-refractivity contribution >= 4 is 17.7 Å². The molecule has 3 rings (SSSR count). The summed E-state index contributed by atoms with van der Waals surface area (Å²) < 4.78 is 11.2. The maximum atomic E-state index is 12.6. The predicted octanol–water partition coefficient (Wildman–Crippen LogP) is 4.21. The van der Waals surface area contributed by atoms with Crippen LogP contribution in [-0.4, -0.2) is 43.2 Å².